The first-order valence-electron chi connectivity index (χ1n) is 10.8. The number of piperazine rings is 1. The van der Waals surface area contributed by atoms with Crippen LogP contribution in [0.15, 0.2) is 53.4 Å². The normalized spacial score (nSPS) is 17.4. The summed E-state index contributed by atoms with van der Waals surface area (Å²) in [6.07, 6.45) is 2.67. The molecule has 1 saturated carbocycles. The molecule has 1 amide bonds. The van der Waals surface area contributed by atoms with Gasteiger partial charge in [-0.25, -0.2) is 8.42 Å². The molecule has 1 aliphatic heterocycles. The van der Waals surface area contributed by atoms with E-state index in [0.717, 1.165) is 25.6 Å². The number of anilines is 1. The molecular weight excluding hydrogens is 414 g/mol. The van der Waals surface area contributed by atoms with Crippen LogP contribution in [0.5, 0.6) is 5.75 Å². The molecule has 31 heavy (non-hydrogen) atoms. The Kier molecular flexibility index (Phi) is 6.48. The van der Waals surface area contributed by atoms with Gasteiger partial charge in [-0.1, -0.05) is 0 Å². The lowest BCUT2D eigenvalue weighted by Crippen LogP contribution is -2.49. The van der Waals surface area contributed by atoms with E-state index in [1.165, 1.54) is 25.0 Å². The maximum atomic E-state index is 12.8. The topological polar surface area (TPSA) is 78.9 Å². The van der Waals surface area contributed by atoms with E-state index in [-0.39, 0.29) is 10.8 Å². The maximum Gasteiger partial charge on any atom is 0.261 e. The monoisotopic (exact) mass is 443 g/mol. The fourth-order valence-electron chi connectivity index (χ4n) is 3.76. The third kappa shape index (κ3) is 5.57. The van der Waals surface area contributed by atoms with Gasteiger partial charge in [0.05, 0.1) is 11.5 Å². The molecule has 2 aliphatic rings. The maximum absolute atomic E-state index is 12.8. The molecule has 7 nitrogen and oxygen atoms in total. The highest BCUT2D eigenvalue weighted by molar-refractivity contribution is 7.92. The Morgan fingerprint density at radius 2 is 1.65 bits per heavy atom. The minimum Gasteiger partial charge on any atom is -0.494 e. The van der Waals surface area contributed by atoms with E-state index < -0.39 is 10.0 Å². The van der Waals surface area contributed by atoms with Crippen molar-refractivity contribution < 1.29 is 17.9 Å². The Morgan fingerprint density at radius 3 is 2.23 bits per heavy atom. The number of hydrogen-bond acceptors (Lipinski definition) is 5. The molecule has 0 unspecified atom stereocenters. The summed E-state index contributed by atoms with van der Waals surface area (Å²) >= 11 is 0. The molecule has 0 bridgehead atoms. The lowest BCUT2D eigenvalue weighted by Gasteiger charge is -2.34. The number of nitrogens with one attached hydrogen (secondary N) is 1. The van der Waals surface area contributed by atoms with E-state index in [1.54, 1.807) is 36.4 Å². The van der Waals surface area contributed by atoms with Gasteiger partial charge in [0.25, 0.3) is 15.9 Å². The first-order chi connectivity index (χ1) is 14.9. The zero-order valence-corrected chi connectivity index (χ0v) is 18.6. The van der Waals surface area contributed by atoms with Crippen LogP contribution in [0.2, 0.25) is 0 Å². The summed E-state index contributed by atoms with van der Waals surface area (Å²) in [4.78, 5) is 17.2. The SMILES string of the molecule is CCOc1ccc(NS(=O)(=O)c2ccc(C(=O)N3CCN(CC4CC4)CC3)cc2)cc1. The average molecular weight is 444 g/mol. The van der Waals surface area contributed by atoms with Crippen LogP contribution in [0.1, 0.15) is 30.1 Å². The highest BCUT2D eigenvalue weighted by Crippen LogP contribution is 2.30. The first-order valence-corrected chi connectivity index (χ1v) is 12.3. The second-order valence-corrected chi connectivity index (χ2v) is 9.81. The van der Waals surface area contributed by atoms with E-state index >= 15 is 0 Å². The number of nitrogens with zero attached hydrogens (tertiary/aromatic N) is 2. The summed E-state index contributed by atoms with van der Waals surface area (Å²) in [5.74, 6) is 1.49. The second-order valence-electron chi connectivity index (χ2n) is 8.12. The Hall–Kier alpha value is -2.58. The number of amides is 1. The van der Waals surface area contributed by atoms with E-state index in [9.17, 15) is 13.2 Å². The molecule has 2 aromatic rings. The second kappa shape index (κ2) is 9.28. The molecular formula is C23H29N3O4S. The number of benzene rings is 2. The summed E-state index contributed by atoms with van der Waals surface area (Å²) in [5.41, 5.74) is 0.961. The van der Waals surface area contributed by atoms with Gasteiger partial charge in [-0.2, -0.15) is 0 Å². The van der Waals surface area contributed by atoms with Crippen LogP contribution in [-0.4, -0.2) is 63.5 Å². The van der Waals surface area contributed by atoms with E-state index in [1.807, 2.05) is 11.8 Å². The Morgan fingerprint density at radius 1 is 1.00 bits per heavy atom. The molecule has 1 aliphatic carbocycles. The Labute approximate surface area is 184 Å². The number of sulfonamides is 1. The predicted molar refractivity (Wildman–Crippen MR) is 120 cm³/mol. The van der Waals surface area contributed by atoms with Crippen LogP contribution in [0.4, 0.5) is 5.69 Å². The zero-order chi connectivity index (χ0) is 21.8. The van der Waals surface area contributed by atoms with Crippen LogP contribution in [0.25, 0.3) is 0 Å². The minimum absolute atomic E-state index is 0.0468. The average Bonchev–Trinajstić information content (AvgIpc) is 3.59. The van der Waals surface area contributed by atoms with Crippen molar-refractivity contribution in [2.75, 3.05) is 44.1 Å². The van der Waals surface area contributed by atoms with E-state index in [4.69, 9.17) is 4.74 Å². The van der Waals surface area contributed by atoms with E-state index in [2.05, 4.69) is 9.62 Å². The number of ether oxygens (including phenoxy) is 1. The Balaban J connectivity index is 1.35. The highest BCUT2D eigenvalue weighted by atomic mass is 32.2. The number of hydrogen-bond donors (Lipinski definition) is 1. The lowest BCUT2D eigenvalue weighted by molar-refractivity contribution is 0.0632. The summed E-state index contributed by atoms with van der Waals surface area (Å²) in [6, 6.07) is 12.9. The fraction of sp³-hybridized carbons (Fsp3) is 0.435. The summed E-state index contributed by atoms with van der Waals surface area (Å²) < 4.78 is 33.3. The third-order valence-electron chi connectivity index (χ3n) is 5.70. The van der Waals surface area contributed by atoms with Crippen molar-refractivity contribution in [2.24, 2.45) is 5.92 Å². The van der Waals surface area contributed by atoms with Crippen LogP contribution < -0.4 is 9.46 Å². The number of rotatable bonds is 8. The molecule has 1 saturated heterocycles. The molecule has 2 fully saturated rings. The predicted octanol–water partition coefficient (Wildman–Crippen LogP) is 3.05. The minimum atomic E-state index is -3.74. The van der Waals surface area contributed by atoms with Crippen molar-refractivity contribution in [1.29, 1.82) is 0 Å². The van der Waals surface area contributed by atoms with Gasteiger partial charge in [0, 0.05) is 44.0 Å². The molecule has 166 valence electrons. The van der Waals surface area contributed by atoms with Gasteiger partial charge in [0.15, 0.2) is 0 Å². The van der Waals surface area contributed by atoms with Gasteiger partial charge in [0.1, 0.15) is 5.75 Å². The van der Waals surface area contributed by atoms with Crippen LogP contribution in [0.3, 0.4) is 0 Å². The van der Waals surface area contributed by atoms with Crippen LogP contribution in [-0.2, 0) is 10.0 Å². The molecule has 4 rings (SSSR count). The molecule has 0 spiro atoms. The van der Waals surface area contributed by atoms with Crippen LogP contribution >= 0.6 is 0 Å². The molecule has 0 atom stereocenters. The van der Waals surface area contributed by atoms with Gasteiger partial charge in [-0.3, -0.25) is 14.4 Å². The first kappa shape index (κ1) is 21.6. The lowest BCUT2D eigenvalue weighted by atomic mass is 10.2. The van der Waals surface area contributed by atoms with Gasteiger partial charge >= 0.3 is 0 Å². The smallest absolute Gasteiger partial charge is 0.261 e. The molecule has 8 heteroatoms. The zero-order valence-electron chi connectivity index (χ0n) is 17.8. The number of carbonyl (C=O) groups excluding carboxylic acids is 1. The van der Waals surface area contributed by atoms with Crippen molar-refractivity contribution >= 4 is 21.6 Å². The van der Waals surface area contributed by atoms with Gasteiger partial charge in [-0.05, 0) is 74.2 Å². The summed E-state index contributed by atoms with van der Waals surface area (Å²) in [6.45, 7) is 6.82. The van der Waals surface area contributed by atoms with Crippen molar-refractivity contribution in [3.05, 3.63) is 54.1 Å². The summed E-state index contributed by atoms with van der Waals surface area (Å²) in [7, 11) is -3.74. The molecule has 0 aromatic heterocycles. The van der Waals surface area contributed by atoms with Gasteiger partial charge in [-0.15, -0.1) is 0 Å². The summed E-state index contributed by atoms with van der Waals surface area (Å²) in [5, 5.41) is 0. The Bertz CT molecular complexity index is 994. The van der Waals surface area contributed by atoms with Gasteiger partial charge in [0.2, 0.25) is 0 Å². The number of carbonyl (C=O) groups is 1. The van der Waals surface area contributed by atoms with Crippen molar-refractivity contribution in [3.8, 4) is 5.75 Å². The molecule has 1 N–H and O–H groups in total. The molecule has 1 heterocycles. The van der Waals surface area contributed by atoms with Crippen molar-refractivity contribution in [3.63, 3.8) is 0 Å². The highest BCUT2D eigenvalue weighted by Gasteiger charge is 2.28. The van der Waals surface area contributed by atoms with Crippen molar-refractivity contribution in [2.45, 2.75) is 24.7 Å². The quantitative estimate of drug-likeness (QED) is 0.678. The molecule has 0 radical (unpaired) electrons. The third-order valence-corrected chi connectivity index (χ3v) is 7.10. The van der Waals surface area contributed by atoms with Crippen LogP contribution in [0, 0.1) is 5.92 Å². The standard InChI is InChI=1S/C23H29N3O4S/c1-2-30-21-9-7-20(8-10-21)24-31(28,29)22-11-5-19(6-12-22)23(27)26-15-13-25(14-16-26)17-18-3-4-18/h5-12,18,24H,2-4,13-17H2,1H3. The van der Waals surface area contributed by atoms with Crippen molar-refractivity contribution in [1.82, 2.24) is 9.80 Å². The fourth-order valence-corrected chi connectivity index (χ4v) is 4.82. The van der Waals surface area contributed by atoms with E-state index in [0.29, 0.717) is 36.7 Å². The molecule has 2 aromatic carbocycles. The largest absolute Gasteiger partial charge is 0.494 e. The van der Waals surface area contributed by atoms with Gasteiger partial charge < -0.3 is 9.64 Å².